The molecule has 0 aromatic heterocycles. The van der Waals surface area contributed by atoms with E-state index in [0.717, 1.165) is 5.57 Å². The van der Waals surface area contributed by atoms with E-state index in [2.05, 4.69) is 20.2 Å². The van der Waals surface area contributed by atoms with Gasteiger partial charge < -0.3 is 58.1 Å². The van der Waals surface area contributed by atoms with E-state index < -0.39 is 95.8 Å². The van der Waals surface area contributed by atoms with Crippen LogP contribution in [0.2, 0.25) is 0 Å². The van der Waals surface area contributed by atoms with Crippen LogP contribution >= 0.6 is 0 Å². The van der Waals surface area contributed by atoms with Gasteiger partial charge in [0, 0.05) is 38.2 Å². The predicted molar refractivity (Wildman–Crippen MR) is 202 cm³/mol. The van der Waals surface area contributed by atoms with Crippen LogP contribution in [0.5, 0.6) is 0 Å². The molecule has 4 N–H and O–H groups in total. The number of fused-ring (bicyclic) bond motifs is 2. The number of carbonyl (C=O) groups excluding carboxylic acids is 1. The number of rotatable bonds is 9. The summed E-state index contributed by atoms with van der Waals surface area (Å²) in [4.78, 5) is 14.2. The zero-order valence-corrected chi connectivity index (χ0v) is 35.3. The van der Waals surface area contributed by atoms with Crippen molar-refractivity contribution in [2.24, 2.45) is 17.8 Å². The molecular formula is C41H72NO12+. The van der Waals surface area contributed by atoms with Crippen LogP contribution in [-0.2, 0) is 38.0 Å². The van der Waals surface area contributed by atoms with Crippen molar-refractivity contribution in [3.8, 4) is 0 Å². The van der Waals surface area contributed by atoms with E-state index in [0.29, 0.717) is 29.6 Å². The molecule has 0 aromatic carbocycles. The maximum Gasteiger partial charge on any atom is 0.311 e. The predicted octanol–water partition coefficient (Wildman–Crippen LogP) is 3.98. The molecule has 4 aliphatic rings. The van der Waals surface area contributed by atoms with Gasteiger partial charge in [-0.3, -0.25) is 4.79 Å². The first-order valence-electron chi connectivity index (χ1n) is 19.9. The van der Waals surface area contributed by atoms with Crippen molar-refractivity contribution in [2.75, 3.05) is 27.7 Å². The number of hydrogen-bond donors (Lipinski definition) is 4. The number of esters is 1. The highest BCUT2D eigenvalue weighted by atomic mass is 16.7. The van der Waals surface area contributed by atoms with Crippen LogP contribution in [0.15, 0.2) is 23.5 Å². The van der Waals surface area contributed by atoms with Crippen LogP contribution < -0.4 is 0 Å². The van der Waals surface area contributed by atoms with Crippen LogP contribution in [0.4, 0.5) is 0 Å². The molecule has 3 saturated heterocycles. The van der Waals surface area contributed by atoms with Gasteiger partial charge in [0.05, 0.1) is 56.6 Å². The summed E-state index contributed by atoms with van der Waals surface area (Å²) < 4.78 is 45.7. The number of carbonyl (C=O) groups is 1. The summed E-state index contributed by atoms with van der Waals surface area (Å²) >= 11 is 0. The molecular weight excluding hydrogens is 698 g/mol. The number of cyclic esters (lactones) is 1. The molecule has 4 heterocycles. The molecule has 0 radical (unpaired) electrons. The fourth-order valence-corrected chi connectivity index (χ4v) is 9.42. The smallest absolute Gasteiger partial charge is 0.311 e. The molecule has 312 valence electrons. The quantitative estimate of drug-likeness (QED) is 0.152. The van der Waals surface area contributed by atoms with Crippen LogP contribution in [0, 0.1) is 17.8 Å². The molecule has 0 spiro atoms. The van der Waals surface area contributed by atoms with Crippen molar-refractivity contribution >= 4 is 5.97 Å². The summed E-state index contributed by atoms with van der Waals surface area (Å²) in [5, 5.41) is 46.5. The van der Waals surface area contributed by atoms with Gasteiger partial charge in [-0.15, -0.1) is 0 Å². The Bertz CT molecular complexity index is 1350. The van der Waals surface area contributed by atoms with Crippen molar-refractivity contribution in [1.29, 1.82) is 0 Å². The number of allylic oxidation sites excluding steroid dienone is 1. The molecule has 13 heteroatoms. The molecule has 17 atom stereocenters. The number of nitrogens with zero attached hydrogens (tertiary/aromatic N) is 1. The van der Waals surface area contributed by atoms with Crippen LogP contribution in [0.25, 0.3) is 0 Å². The summed E-state index contributed by atoms with van der Waals surface area (Å²) in [5.41, 5.74) is -3.03. The van der Waals surface area contributed by atoms with Crippen molar-refractivity contribution in [2.45, 2.75) is 186 Å². The number of likely N-dealkylation sites (N-methyl/N-ethyl adjacent to an activating group) is 1. The molecule has 0 aliphatic carbocycles. The minimum atomic E-state index is -1.83. The number of hydrogen-bond acceptors (Lipinski definition) is 12. The monoisotopic (exact) mass is 771 g/mol. The molecule has 0 amide bonds. The Kier molecular flexibility index (Phi) is 14.2. The zero-order chi connectivity index (χ0) is 40.7. The zero-order valence-electron chi connectivity index (χ0n) is 35.3. The van der Waals surface area contributed by atoms with Crippen molar-refractivity contribution in [1.82, 2.24) is 0 Å². The number of methoxy groups -OCH3 is 1. The first-order valence-corrected chi connectivity index (χ1v) is 19.9. The van der Waals surface area contributed by atoms with Gasteiger partial charge in [-0.05, 0) is 73.5 Å². The fourth-order valence-electron chi connectivity index (χ4n) is 9.42. The number of ether oxygens (including phenoxy) is 7. The molecule has 13 nitrogen and oxygen atoms in total. The molecule has 4 aliphatic heterocycles. The van der Waals surface area contributed by atoms with E-state index in [1.807, 2.05) is 40.7 Å². The van der Waals surface area contributed by atoms with Crippen LogP contribution in [-0.4, -0.2) is 143 Å². The van der Waals surface area contributed by atoms with Crippen molar-refractivity contribution in [3.63, 3.8) is 0 Å². The molecule has 4 rings (SSSR count). The topological polar surface area (TPSA) is 163 Å². The van der Waals surface area contributed by atoms with E-state index in [-0.39, 0.29) is 25.0 Å². The summed E-state index contributed by atoms with van der Waals surface area (Å²) in [6.07, 6.45) is -3.41. The Morgan fingerprint density at radius 2 is 1.63 bits per heavy atom. The second-order valence-electron chi connectivity index (χ2n) is 17.9. The van der Waals surface area contributed by atoms with Gasteiger partial charge in [0.25, 0.3) is 0 Å². The number of aliphatic hydroxyl groups excluding tert-OH is 3. The fraction of sp³-hybridized carbons (Fsp3) is 0.878. The van der Waals surface area contributed by atoms with Crippen molar-refractivity contribution in [3.05, 3.63) is 23.5 Å². The average molecular weight is 771 g/mol. The molecule has 2 bridgehead atoms. The largest absolute Gasteiger partial charge is 0.489 e. The maximum atomic E-state index is 14.2. The van der Waals surface area contributed by atoms with E-state index in [4.69, 9.17) is 33.2 Å². The summed E-state index contributed by atoms with van der Waals surface area (Å²) in [6.45, 7) is 20.8. The Morgan fingerprint density at radius 1 is 0.981 bits per heavy atom. The van der Waals surface area contributed by atoms with E-state index in [1.54, 1.807) is 34.6 Å². The third-order valence-electron chi connectivity index (χ3n) is 13.0. The number of quaternary nitrogens is 1. The van der Waals surface area contributed by atoms with Gasteiger partial charge in [0.15, 0.2) is 18.7 Å². The first-order chi connectivity index (χ1) is 25.0. The van der Waals surface area contributed by atoms with Gasteiger partial charge in [-0.1, -0.05) is 26.8 Å². The second-order valence-corrected chi connectivity index (χ2v) is 17.9. The van der Waals surface area contributed by atoms with Crippen LogP contribution in [0.3, 0.4) is 0 Å². The van der Waals surface area contributed by atoms with Gasteiger partial charge in [-0.2, -0.15) is 0 Å². The standard InChI is InChI=1S/C41H72NO12/c1-15-17-18-42(12,13)28-19-23(4)49-38(31(28)43)53-36-25(6)33(52-30-21-39(9,48-14)35(45)27(8)50-30)26(7)37(46)51-29(16-2)41(11,47)34(44)24(5)32-22(3)20-40(36,10)54-32/h15,17,23-31,33-36,38,43-45,47H,16,18-21H2,1-14H3/q+1/b17-15+/t23-,24+,25+,26-,27+,28+,29-,30+,31-,33+,34-,35+,36-,38+,39-,40-,41-/m1/s1. The molecule has 3 fully saturated rings. The van der Waals surface area contributed by atoms with Gasteiger partial charge in [0.1, 0.15) is 41.3 Å². The lowest BCUT2D eigenvalue weighted by molar-refractivity contribution is -0.916. The van der Waals surface area contributed by atoms with E-state index in [9.17, 15) is 25.2 Å². The Morgan fingerprint density at radius 3 is 2.22 bits per heavy atom. The van der Waals surface area contributed by atoms with E-state index >= 15 is 0 Å². The first kappa shape index (κ1) is 45.1. The third-order valence-corrected chi connectivity index (χ3v) is 13.0. The summed E-state index contributed by atoms with van der Waals surface area (Å²) in [7, 11) is 5.71. The Labute approximate surface area is 323 Å². The Hall–Kier alpha value is -1.65. The maximum absolute atomic E-state index is 14.2. The van der Waals surface area contributed by atoms with Gasteiger partial charge in [0.2, 0.25) is 0 Å². The van der Waals surface area contributed by atoms with E-state index in [1.165, 1.54) is 14.0 Å². The SMILES string of the molecule is C/C=C/C[N+](C)(C)[C@H]1C[C@@H](C)O[C@@H](O[C@@H]2[C@@H](C)[C@H](O[C@H]3C[C@@](C)(OC)[C@@H](O)[C@H](C)O3)[C@@H](C)C(=O)O[C@H](CC)[C@@](C)(O)[C@H](O)[C@@H](C)C3=C(C)C[C@@]2(C)O3)[C@@H]1O. The highest BCUT2D eigenvalue weighted by Gasteiger charge is 2.57. The third kappa shape index (κ3) is 8.90. The second kappa shape index (κ2) is 17.1. The minimum Gasteiger partial charge on any atom is -0.489 e. The summed E-state index contributed by atoms with van der Waals surface area (Å²) in [5.74, 6) is -2.34. The lowest BCUT2D eigenvalue weighted by Gasteiger charge is -2.49. The highest BCUT2D eigenvalue weighted by molar-refractivity contribution is 5.73. The molecule has 0 saturated carbocycles. The van der Waals surface area contributed by atoms with Gasteiger partial charge >= 0.3 is 5.97 Å². The van der Waals surface area contributed by atoms with Crippen LogP contribution in [0.1, 0.15) is 102 Å². The van der Waals surface area contributed by atoms with Gasteiger partial charge in [-0.25, -0.2) is 0 Å². The average Bonchev–Trinajstić information content (AvgIpc) is 3.43. The lowest BCUT2D eigenvalue weighted by atomic mass is 9.78. The highest BCUT2D eigenvalue weighted by Crippen LogP contribution is 2.47. The molecule has 0 aromatic rings. The molecule has 0 unspecified atom stereocenters. The summed E-state index contributed by atoms with van der Waals surface area (Å²) in [6, 6.07) is -0.215. The lowest BCUT2D eigenvalue weighted by Crippen LogP contribution is -2.64. The van der Waals surface area contributed by atoms with Crippen molar-refractivity contribution < 1.29 is 62.9 Å². The normalized spacial score (nSPS) is 47.1. The minimum absolute atomic E-state index is 0.170. The number of aliphatic hydroxyl groups is 4. The molecule has 54 heavy (non-hydrogen) atoms. The Balaban J connectivity index is 1.84.